The lowest BCUT2D eigenvalue weighted by atomic mass is 10.1. The highest BCUT2D eigenvalue weighted by Gasteiger charge is 2.40. The van der Waals surface area contributed by atoms with Crippen molar-refractivity contribution in [3.8, 4) is 0 Å². The molecule has 0 fully saturated rings. The van der Waals surface area contributed by atoms with Crippen LogP contribution < -0.4 is 5.32 Å². The summed E-state index contributed by atoms with van der Waals surface area (Å²) in [5, 5.41) is 3.33. The van der Waals surface area contributed by atoms with Crippen molar-refractivity contribution in [2.24, 2.45) is 0 Å². The quantitative estimate of drug-likeness (QED) is 0.852. The van der Waals surface area contributed by atoms with E-state index in [4.69, 9.17) is 0 Å². The molecule has 1 aromatic rings. The monoisotopic (exact) mass is 265 g/mol. The van der Waals surface area contributed by atoms with E-state index in [0.29, 0.717) is 4.88 Å². The predicted molar refractivity (Wildman–Crippen MR) is 57.0 cm³/mol. The molecule has 1 atom stereocenters. The SMILES string of the molecule is Cc1csc(C(=O)C(C)NC(=O)C(F)(F)F)c1. The molecule has 1 amide bonds. The summed E-state index contributed by atoms with van der Waals surface area (Å²) in [5.74, 6) is -2.63. The fourth-order valence-electron chi connectivity index (χ4n) is 1.12. The number of hydrogen-bond donors (Lipinski definition) is 1. The number of carbonyl (C=O) groups excluding carboxylic acids is 2. The zero-order valence-electron chi connectivity index (χ0n) is 9.09. The van der Waals surface area contributed by atoms with Gasteiger partial charge in [0.2, 0.25) is 0 Å². The van der Waals surface area contributed by atoms with Crippen LogP contribution in [0.2, 0.25) is 0 Å². The van der Waals surface area contributed by atoms with Crippen molar-refractivity contribution in [1.82, 2.24) is 5.32 Å². The number of aryl methyl sites for hydroxylation is 1. The van der Waals surface area contributed by atoms with E-state index in [1.165, 1.54) is 6.92 Å². The zero-order valence-corrected chi connectivity index (χ0v) is 9.91. The van der Waals surface area contributed by atoms with Crippen molar-refractivity contribution in [3.05, 3.63) is 21.9 Å². The minimum Gasteiger partial charge on any atom is -0.338 e. The Labute approximate surface area is 99.6 Å². The van der Waals surface area contributed by atoms with Gasteiger partial charge in [-0.2, -0.15) is 13.2 Å². The molecule has 7 heteroatoms. The Balaban J connectivity index is 2.69. The number of Topliss-reactive ketones (excluding diaryl/α,β-unsaturated/α-hetero) is 1. The number of nitrogens with one attached hydrogen (secondary N) is 1. The van der Waals surface area contributed by atoms with Gasteiger partial charge in [0, 0.05) is 0 Å². The molecule has 0 aliphatic carbocycles. The van der Waals surface area contributed by atoms with Gasteiger partial charge in [-0.1, -0.05) is 0 Å². The molecular weight excluding hydrogens is 255 g/mol. The first-order valence-corrected chi connectivity index (χ1v) is 5.57. The van der Waals surface area contributed by atoms with Crippen LogP contribution >= 0.6 is 11.3 Å². The number of hydrogen-bond acceptors (Lipinski definition) is 3. The number of ketones is 1. The Morgan fingerprint density at radius 1 is 1.41 bits per heavy atom. The van der Waals surface area contributed by atoms with Crippen LogP contribution in [0.5, 0.6) is 0 Å². The highest BCUT2D eigenvalue weighted by Crippen LogP contribution is 2.17. The van der Waals surface area contributed by atoms with Crippen molar-refractivity contribution in [2.75, 3.05) is 0 Å². The first-order chi connectivity index (χ1) is 7.71. The van der Waals surface area contributed by atoms with E-state index in [2.05, 4.69) is 0 Å². The summed E-state index contributed by atoms with van der Waals surface area (Å²) < 4.78 is 35.9. The van der Waals surface area contributed by atoms with Crippen LogP contribution in [-0.4, -0.2) is 23.9 Å². The van der Waals surface area contributed by atoms with Gasteiger partial charge in [-0.25, -0.2) is 0 Å². The molecule has 0 spiro atoms. The van der Waals surface area contributed by atoms with Crippen molar-refractivity contribution in [3.63, 3.8) is 0 Å². The summed E-state index contributed by atoms with van der Waals surface area (Å²) >= 11 is 1.14. The zero-order chi connectivity index (χ0) is 13.2. The maximum Gasteiger partial charge on any atom is 0.471 e. The molecule has 3 nitrogen and oxygen atoms in total. The third kappa shape index (κ3) is 3.55. The molecule has 0 aliphatic heterocycles. The first-order valence-electron chi connectivity index (χ1n) is 4.69. The van der Waals surface area contributed by atoms with E-state index in [9.17, 15) is 22.8 Å². The molecule has 94 valence electrons. The summed E-state index contributed by atoms with van der Waals surface area (Å²) in [6.07, 6.45) is -4.97. The van der Waals surface area contributed by atoms with Gasteiger partial charge in [-0.05, 0) is 30.9 Å². The van der Waals surface area contributed by atoms with E-state index in [1.54, 1.807) is 23.7 Å². The Morgan fingerprint density at radius 2 is 2.00 bits per heavy atom. The molecule has 0 bridgehead atoms. The minimum atomic E-state index is -4.97. The number of thiophene rings is 1. The van der Waals surface area contributed by atoms with Crippen molar-refractivity contribution < 1.29 is 22.8 Å². The van der Waals surface area contributed by atoms with Crippen LogP contribution in [0, 0.1) is 6.92 Å². The topological polar surface area (TPSA) is 46.2 Å². The molecule has 0 radical (unpaired) electrons. The van der Waals surface area contributed by atoms with Gasteiger partial charge in [0.05, 0.1) is 10.9 Å². The van der Waals surface area contributed by atoms with Crippen LogP contribution in [0.3, 0.4) is 0 Å². The summed E-state index contributed by atoms with van der Waals surface area (Å²) in [4.78, 5) is 22.6. The summed E-state index contributed by atoms with van der Waals surface area (Å²) in [6, 6.07) is 0.380. The molecule has 17 heavy (non-hydrogen) atoms. The average molecular weight is 265 g/mol. The minimum absolute atomic E-state index is 0.331. The number of alkyl halides is 3. The lowest BCUT2D eigenvalue weighted by molar-refractivity contribution is -0.173. The molecule has 0 saturated heterocycles. The van der Waals surface area contributed by atoms with Crippen LogP contribution in [0.15, 0.2) is 11.4 Å². The largest absolute Gasteiger partial charge is 0.471 e. The number of rotatable bonds is 3. The molecule has 1 N–H and O–H groups in total. The second kappa shape index (κ2) is 4.87. The number of halogens is 3. The van der Waals surface area contributed by atoms with Crippen LogP contribution in [0.25, 0.3) is 0 Å². The molecule has 1 aromatic heterocycles. The second-order valence-electron chi connectivity index (χ2n) is 3.55. The molecule has 1 rings (SSSR count). The fourth-order valence-corrected chi connectivity index (χ4v) is 2.05. The highest BCUT2D eigenvalue weighted by molar-refractivity contribution is 7.12. The number of amides is 1. The molecule has 0 aliphatic rings. The molecule has 0 saturated carbocycles. The van der Waals surface area contributed by atoms with Crippen LogP contribution in [0.1, 0.15) is 22.2 Å². The summed E-state index contributed by atoms with van der Waals surface area (Å²) in [6.45, 7) is 2.99. The van der Waals surface area contributed by atoms with Gasteiger partial charge >= 0.3 is 12.1 Å². The fraction of sp³-hybridized carbons (Fsp3) is 0.400. The van der Waals surface area contributed by atoms with E-state index >= 15 is 0 Å². The normalized spacial score (nSPS) is 13.2. The highest BCUT2D eigenvalue weighted by atomic mass is 32.1. The maximum atomic E-state index is 12.0. The Kier molecular flexibility index (Phi) is 3.92. The predicted octanol–water partition coefficient (Wildman–Crippen LogP) is 2.31. The average Bonchev–Trinajstić information content (AvgIpc) is 2.62. The Bertz CT molecular complexity index is 439. The second-order valence-corrected chi connectivity index (χ2v) is 4.46. The standard InChI is InChI=1S/C10H10F3NO2S/c1-5-3-7(17-4-5)8(15)6(2)14-9(16)10(11,12)13/h3-4,6H,1-2H3,(H,14,16). The van der Waals surface area contributed by atoms with Crippen molar-refractivity contribution in [1.29, 1.82) is 0 Å². The molecule has 1 heterocycles. The van der Waals surface area contributed by atoms with Gasteiger partial charge in [0.25, 0.3) is 0 Å². The number of carbonyl (C=O) groups is 2. The van der Waals surface area contributed by atoms with Gasteiger partial charge in [0.15, 0.2) is 5.78 Å². The first kappa shape index (κ1) is 13.7. The summed E-state index contributed by atoms with van der Waals surface area (Å²) in [7, 11) is 0. The third-order valence-corrected chi connectivity index (χ3v) is 3.03. The van der Waals surface area contributed by atoms with Crippen LogP contribution in [0.4, 0.5) is 13.2 Å². The summed E-state index contributed by atoms with van der Waals surface area (Å²) in [5.41, 5.74) is 0.854. The maximum absolute atomic E-state index is 12.0. The van der Waals surface area contributed by atoms with Crippen molar-refractivity contribution in [2.45, 2.75) is 26.1 Å². The van der Waals surface area contributed by atoms with Gasteiger partial charge in [0.1, 0.15) is 0 Å². The van der Waals surface area contributed by atoms with Gasteiger partial charge in [-0.3, -0.25) is 9.59 Å². The Hall–Kier alpha value is -1.37. The lowest BCUT2D eigenvalue weighted by Crippen LogP contribution is -2.45. The van der Waals surface area contributed by atoms with E-state index in [-0.39, 0.29) is 0 Å². The third-order valence-electron chi connectivity index (χ3n) is 1.97. The van der Waals surface area contributed by atoms with Crippen LogP contribution in [-0.2, 0) is 4.79 Å². The molecular formula is C10H10F3NO2S. The van der Waals surface area contributed by atoms with E-state index in [1.807, 2.05) is 0 Å². The smallest absolute Gasteiger partial charge is 0.338 e. The van der Waals surface area contributed by atoms with Gasteiger partial charge < -0.3 is 5.32 Å². The van der Waals surface area contributed by atoms with Crippen molar-refractivity contribution >= 4 is 23.0 Å². The molecule has 1 unspecified atom stereocenters. The van der Waals surface area contributed by atoms with Gasteiger partial charge in [-0.15, -0.1) is 11.3 Å². The van der Waals surface area contributed by atoms with E-state index < -0.39 is 23.9 Å². The van der Waals surface area contributed by atoms with E-state index in [0.717, 1.165) is 16.9 Å². The molecule has 0 aromatic carbocycles. The Morgan fingerprint density at radius 3 is 2.41 bits per heavy atom. The lowest BCUT2D eigenvalue weighted by Gasteiger charge is -2.13.